The summed E-state index contributed by atoms with van der Waals surface area (Å²) < 4.78 is 5.14. The SMILES string of the molecule is CC1CCN(C(=O)COC(=O)C2(O)CCCC2)c2ccccc2S1. The van der Waals surface area contributed by atoms with Crippen LogP contribution in [0.1, 0.15) is 39.0 Å². The lowest BCUT2D eigenvalue weighted by Gasteiger charge is -2.24. The molecule has 0 saturated heterocycles. The minimum absolute atomic E-state index is 0.243. The zero-order valence-electron chi connectivity index (χ0n) is 13.9. The van der Waals surface area contributed by atoms with Gasteiger partial charge >= 0.3 is 5.97 Å². The van der Waals surface area contributed by atoms with Crippen molar-refractivity contribution in [1.82, 2.24) is 0 Å². The fourth-order valence-electron chi connectivity index (χ4n) is 3.25. The average molecular weight is 349 g/mol. The van der Waals surface area contributed by atoms with Gasteiger partial charge in [-0.2, -0.15) is 0 Å². The van der Waals surface area contributed by atoms with Crippen LogP contribution in [-0.2, 0) is 14.3 Å². The van der Waals surface area contributed by atoms with Crippen molar-refractivity contribution in [2.45, 2.75) is 54.8 Å². The molecule has 6 heteroatoms. The fraction of sp³-hybridized carbons (Fsp3) is 0.556. The van der Waals surface area contributed by atoms with Crippen molar-refractivity contribution < 1.29 is 19.4 Å². The number of hydrogen-bond donors (Lipinski definition) is 1. The highest BCUT2D eigenvalue weighted by Gasteiger charge is 2.40. The number of hydrogen-bond acceptors (Lipinski definition) is 5. The molecule has 1 unspecified atom stereocenters. The molecule has 0 spiro atoms. The first-order chi connectivity index (χ1) is 11.5. The number of thioether (sulfide) groups is 1. The van der Waals surface area contributed by atoms with Gasteiger partial charge in [0, 0.05) is 16.7 Å². The molecule has 1 amide bonds. The molecule has 0 bridgehead atoms. The monoisotopic (exact) mass is 349 g/mol. The predicted molar refractivity (Wildman–Crippen MR) is 93.1 cm³/mol. The summed E-state index contributed by atoms with van der Waals surface area (Å²) >= 11 is 1.76. The van der Waals surface area contributed by atoms with Crippen LogP contribution < -0.4 is 4.90 Å². The Hall–Kier alpha value is -1.53. The smallest absolute Gasteiger partial charge is 0.338 e. The Kier molecular flexibility index (Phi) is 5.15. The summed E-state index contributed by atoms with van der Waals surface area (Å²) in [5.74, 6) is -0.911. The number of carbonyl (C=O) groups excluding carboxylic acids is 2. The molecule has 1 aliphatic carbocycles. The Morgan fingerprint density at radius 2 is 2.04 bits per heavy atom. The van der Waals surface area contributed by atoms with E-state index in [1.54, 1.807) is 16.7 Å². The van der Waals surface area contributed by atoms with Gasteiger partial charge in [0.05, 0.1) is 5.69 Å². The van der Waals surface area contributed by atoms with E-state index in [9.17, 15) is 14.7 Å². The number of fused-ring (bicyclic) bond motifs is 1. The quantitative estimate of drug-likeness (QED) is 0.850. The number of benzene rings is 1. The molecule has 1 heterocycles. The number of anilines is 1. The minimum atomic E-state index is -1.40. The zero-order chi connectivity index (χ0) is 17.2. The average Bonchev–Trinajstić information content (AvgIpc) is 2.94. The predicted octanol–water partition coefficient (Wildman–Crippen LogP) is 2.75. The number of rotatable bonds is 3. The summed E-state index contributed by atoms with van der Waals surface area (Å²) in [6.45, 7) is 2.42. The summed E-state index contributed by atoms with van der Waals surface area (Å²) in [5.41, 5.74) is -0.533. The fourth-order valence-corrected chi connectivity index (χ4v) is 4.36. The van der Waals surface area contributed by atoms with Gasteiger partial charge in [-0.3, -0.25) is 4.79 Å². The van der Waals surface area contributed by atoms with Gasteiger partial charge in [0.2, 0.25) is 0 Å². The second-order valence-electron chi connectivity index (χ2n) is 6.55. The molecule has 1 atom stereocenters. The van der Waals surface area contributed by atoms with E-state index in [4.69, 9.17) is 4.74 Å². The molecule has 1 aliphatic heterocycles. The molecule has 24 heavy (non-hydrogen) atoms. The Morgan fingerprint density at radius 1 is 1.33 bits per heavy atom. The van der Waals surface area contributed by atoms with E-state index in [-0.39, 0.29) is 12.5 Å². The van der Waals surface area contributed by atoms with Gasteiger partial charge in [-0.15, -0.1) is 11.8 Å². The highest BCUT2D eigenvalue weighted by molar-refractivity contribution is 8.00. The molecule has 1 N–H and O–H groups in total. The van der Waals surface area contributed by atoms with E-state index < -0.39 is 11.6 Å². The molecular formula is C18H23NO4S. The molecule has 0 aromatic heterocycles. The van der Waals surface area contributed by atoms with Crippen molar-refractivity contribution >= 4 is 29.3 Å². The van der Waals surface area contributed by atoms with Crippen molar-refractivity contribution in [2.75, 3.05) is 18.1 Å². The van der Waals surface area contributed by atoms with Crippen LogP contribution >= 0.6 is 11.8 Å². The lowest BCUT2D eigenvalue weighted by molar-refractivity contribution is -0.166. The minimum Gasteiger partial charge on any atom is -0.453 e. The van der Waals surface area contributed by atoms with Crippen LogP contribution in [0, 0.1) is 0 Å². The van der Waals surface area contributed by atoms with E-state index in [1.165, 1.54) is 0 Å². The number of ether oxygens (including phenoxy) is 1. The molecule has 5 nitrogen and oxygen atoms in total. The first-order valence-electron chi connectivity index (χ1n) is 8.45. The van der Waals surface area contributed by atoms with Gasteiger partial charge in [-0.25, -0.2) is 4.79 Å². The van der Waals surface area contributed by atoms with Crippen LogP contribution in [0.15, 0.2) is 29.2 Å². The molecule has 1 fully saturated rings. The third kappa shape index (κ3) is 3.59. The van der Waals surface area contributed by atoms with Gasteiger partial charge in [0.15, 0.2) is 12.2 Å². The van der Waals surface area contributed by atoms with E-state index in [0.29, 0.717) is 24.6 Å². The highest BCUT2D eigenvalue weighted by Crippen LogP contribution is 2.37. The number of para-hydroxylation sites is 1. The van der Waals surface area contributed by atoms with Crippen molar-refractivity contribution in [2.24, 2.45) is 0 Å². The van der Waals surface area contributed by atoms with Crippen molar-refractivity contribution in [3.8, 4) is 0 Å². The molecule has 1 aromatic carbocycles. The largest absolute Gasteiger partial charge is 0.453 e. The summed E-state index contributed by atoms with van der Waals surface area (Å²) in [4.78, 5) is 27.4. The van der Waals surface area contributed by atoms with Gasteiger partial charge in [-0.1, -0.05) is 19.1 Å². The zero-order valence-corrected chi connectivity index (χ0v) is 14.7. The normalized spacial score (nSPS) is 22.6. The van der Waals surface area contributed by atoms with Gasteiger partial charge in [0.25, 0.3) is 5.91 Å². The number of amides is 1. The van der Waals surface area contributed by atoms with Gasteiger partial charge in [-0.05, 0) is 44.2 Å². The summed E-state index contributed by atoms with van der Waals surface area (Å²) in [6.07, 6.45) is 3.34. The van der Waals surface area contributed by atoms with Crippen molar-refractivity contribution in [3.63, 3.8) is 0 Å². The topological polar surface area (TPSA) is 66.8 Å². The molecular weight excluding hydrogens is 326 g/mol. The maximum atomic E-state index is 12.6. The number of aliphatic hydroxyl groups is 1. The van der Waals surface area contributed by atoms with E-state index in [0.717, 1.165) is 29.8 Å². The number of carbonyl (C=O) groups is 2. The lowest BCUT2D eigenvalue weighted by Crippen LogP contribution is -2.41. The van der Waals surface area contributed by atoms with Crippen LogP contribution in [-0.4, -0.2) is 41.0 Å². The molecule has 130 valence electrons. The van der Waals surface area contributed by atoms with E-state index in [2.05, 4.69) is 6.92 Å². The molecule has 3 rings (SSSR count). The molecule has 2 aliphatic rings. The Labute approximate surface area is 146 Å². The van der Waals surface area contributed by atoms with Crippen LogP contribution in [0.2, 0.25) is 0 Å². The van der Waals surface area contributed by atoms with E-state index >= 15 is 0 Å². The third-order valence-electron chi connectivity index (χ3n) is 4.68. The third-order valence-corrected chi connectivity index (χ3v) is 5.92. The number of esters is 1. The van der Waals surface area contributed by atoms with Crippen LogP contribution in [0.4, 0.5) is 5.69 Å². The maximum Gasteiger partial charge on any atom is 0.338 e. The van der Waals surface area contributed by atoms with Crippen molar-refractivity contribution in [1.29, 1.82) is 0 Å². The second-order valence-corrected chi connectivity index (χ2v) is 8.03. The maximum absolute atomic E-state index is 12.6. The summed E-state index contributed by atoms with van der Waals surface area (Å²) in [6, 6.07) is 7.80. The summed E-state index contributed by atoms with van der Waals surface area (Å²) in [5, 5.41) is 10.6. The molecule has 1 aromatic rings. The molecule has 0 radical (unpaired) electrons. The van der Waals surface area contributed by atoms with Crippen molar-refractivity contribution in [3.05, 3.63) is 24.3 Å². The standard InChI is InChI=1S/C18H23NO4S/c1-13-8-11-19(14-6-2-3-7-15(14)24-13)16(20)12-23-17(21)18(22)9-4-5-10-18/h2-3,6-7,13,22H,4-5,8-12H2,1H3. The molecule has 1 saturated carbocycles. The first-order valence-corrected chi connectivity index (χ1v) is 9.33. The van der Waals surface area contributed by atoms with E-state index in [1.807, 2.05) is 24.3 Å². The Morgan fingerprint density at radius 3 is 2.79 bits per heavy atom. The lowest BCUT2D eigenvalue weighted by atomic mass is 10.0. The van der Waals surface area contributed by atoms with Gasteiger partial charge in [0.1, 0.15) is 0 Å². The van der Waals surface area contributed by atoms with Crippen LogP contribution in [0.3, 0.4) is 0 Å². The number of nitrogens with zero attached hydrogens (tertiary/aromatic N) is 1. The van der Waals surface area contributed by atoms with Gasteiger partial charge < -0.3 is 14.7 Å². The summed E-state index contributed by atoms with van der Waals surface area (Å²) in [7, 11) is 0. The first kappa shape index (κ1) is 17.3. The highest BCUT2D eigenvalue weighted by atomic mass is 32.2. The van der Waals surface area contributed by atoms with Crippen LogP contribution in [0.5, 0.6) is 0 Å². The Balaban J connectivity index is 1.67. The Bertz CT molecular complexity index is 627. The van der Waals surface area contributed by atoms with Crippen LogP contribution in [0.25, 0.3) is 0 Å². The second kappa shape index (κ2) is 7.15.